The first-order valence-corrected chi connectivity index (χ1v) is 8.23. The van der Waals surface area contributed by atoms with Gasteiger partial charge < -0.3 is 15.1 Å². The topological polar surface area (TPSA) is 53.9 Å². The maximum atomic E-state index is 12.9. The first-order valence-electron chi connectivity index (χ1n) is 8.23. The second-order valence-electron chi connectivity index (χ2n) is 7.13. The zero-order valence-electron chi connectivity index (χ0n) is 15.3. The molecule has 24 heavy (non-hydrogen) atoms. The van der Waals surface area contributed by atoms with Gasteiger partial charge in [-0.3, -0.25) is 9.59 Å². The number of quaternary nitrogens is 1. The van der Waals surface area contributed by atoms with E-state index in [1.54, 1.807) is 24.1 Å². The average molecular weight is 338 g/mol. The van der Waals surface area contributed by atoms with Crippen LogP contribution >= 0.6 is 0 Å². The van der Waals surface area contributed by atoms with Crippen LogP contribution in [0.5, 0.6) is 0 Å². The molecule has 0 aliphatic carbocycles. The Balaban J connectivity index is 2.53. The lowest BCUT2D eigenvalue weighted by Gasteiger charge is -2.24. The van der Waals surface area contributed by atoms with Gasteiger partial charge in [0.15, 0.2) is 13.1 Å². The smallest absolute Gasteiger partial charge is 0.277 e. The Labute approximate surface area is 143 Å². The van der Waals surface area contributed by atoms with E-state index in [9.17, 15) is 14.0 Å². The minimum absolute atomic E-state index is 0.0419. The van der Waals surface area contributed by atoms with Crippen molar-refractivity contribution in [2.24, 2.45) is 0 Å². The fourth-order valence-electron chi connectivity index (χ4n) is 2.30. The van der Waals surface area contributed by atoms with Crippen molar-refractivity contribution < 1.29 is 18.9 Å². The molecule has 0 spiro atoms. The number of rotatable bonds is 7. The molecule has 0 fully saturated rings. The molecule has 0 saturated heterocycles. The van der Waals surface area contributed by atoms with Crippen molar-refractivity contribution in [3.05, 3.63) is 35.6 Å². The summed E-state index contributed by atoms with van der Waals surface area (Å²) < 4.78 is 12.9. The molecule has 5 nitrogen and oxygen atoms in total. The van der Waals surface area contributed by atoms with Crippen molar-refractivity contribution in [3.8, 4) is 0 Å². The number of carbonyl (C=O) groups is 2. The van der Waals surface area contributed by atoms with Crippen LogP contribution in [0, 0.1) is 5.82 Å². The molecule has 6 heteroatoms. The first-order chi connectivity index (χ1) is 11.1. The third-order valence-electron chi connectivity index (χ3n) is 3.58. The van der Waals surface area contributed by atoms with Crippen LogP contribution in [0.3, 0.4) is 0 Å². The monoisotopic (exact) mass is 338 g/mol. The Bertz CT molecular complexity index is 552. The third kappa shape index (κ3) is 7.55. The molecule has 0 heterocycles. The molecule has 134 valence electrons. The zero-order chi connectivity index (χ0) is 18.3. The lowest BCUT2D eigenvalue weighted by atomic mass is 10.1. The van der Waals surface area contributed by atoms with Gasteiger partial charge in [-0.15, -0.1) is 0 Å². The van der Waals surface area contributed by atoms with Crippen LogP contribution in [0.25, 0.3) is 0 Å². The van der Waals surface area contributed by atoms with Gasteiger partial charge in [0, 0.05) is 19.1 Å². The zero-order valence-corrected chi connectivity index (χ0v) is 15.3. The van der Waals surface area contributed by atoms with Crippen LogP contribution in [0.1, 0.15) is 33.3 Å². The molecule has 2 N–H and O–H groups in total. The molecule has 0 saturated carbocycles. The normalized spacial score (nSPS) is 12.6. The van der Waals surface area contributed by atoms with Gasteiger partial charge in [0.1, 0.15) is 5.82 Å². The largest absolute Gasteiger partial charge is 0.347 e. The fourth-order valence-corrected chi connectivity index (χ4v) is 2.30. The average Bonchev–Trinajstić information content (AvgIpc) is 2.46. The van der Waals surface area contributed by atoms with Crippen LogP contribution in [0.4, 0.5) is 4.39 Å². The maximum Gasteiger partial charge on any atom is 0.277 e. The van der Waals surface area contributed by atoms with E-state index in [2.05, 4.69) is 5.32 Å². The van der Waals surface area contributed by atoms with Crippen molar-refractivity contribution in [1.82, 2.24) is 10.2 Å². The summed E-state index contributed by atoms with van der Waals surface area (Å²) in [5, 5.41) is 2.91. The van der Waals surface area contributed by atoms with E-state index in [1.807, 2.05) is 27.7 Å². The first kappa shape index (κ1) is 20.1. The number of nitrogens with zero attached hydrogens (tertiary/aromatic N) is 1. The maximum absolute atomic E-state index is 12.9. The van der Waals surface area contributed by atoms with Gasteiger partial charge in [-0.1, -0.05) is 12.1 Å². The third-order valence-corrected chi connectivity index (χ3v) is 3.58. The van der Waals surface area contributed by atoms with E-state index in [-0.39, 0.29) is 36.3 Å². The van der Waals surface area contributed by atoms with E-state index in [4.69, 9.17) is 0 Å². The minimum atomic E-state index is -0.292. The fraction of sp³-hybridized carbons (Fsp3) is 0.556. The molecule has 0 aliphatic rings. The summed E-state index contributed by atoms with van der Waals surface area (Å²) in [5.74, 6) is -0.396. The van der Waals surface area contributed by atoms with Gasteiger partial charge in [-0.05, 0) is 45.4 Å². The molecule has 0 aromatic heterocycles. The van der Waals surface area contributed by atoms with Gasteiger partial charge >= 0.3 is 0 Å². The van der Waals surface area contributed by atoms with E-state index in [0.29, 0.717) is 13.1 Å². The molecule has 1 aromatic rings. The van der Waals surface area contributed by atoms with Gasteiger partial charge in [0.05, 0.1) is 6.54 Å². The van der Waals surface area contributed by atoms with Crippen LogP contribution in [-0.2, 0) is 16.1 Å². The lowest BCUT2D eigenvalue weighted by Crippen LogP contribution is -3.14. The van der Waals surface area contributed by atoms with Gasteiger partial charge in [0.2, 0.25) is 0 Å². The molecular weight excluding hydrogens is 309 g/mol. The second kappa shape index (κ2) is 8.78. The van der Waals surface area contributed by atoms with E-state index in [1.165, 1.54) is 12.1 Å². The number of halogens is 1. The Hall–Kier alpha value is -1.95. The molecule has 0 bridgehead atoms. The van der Waals surface area contributed by atoms with Gasteiger partial charge in [-0.25, -0.2) is 4.39 Å². The summed E-state index contributed by atoms with van der Waals surface area (Å²) >= 11 is 0. The molecule has 0 radical (unpaired) electrons. The summed E-state index contributed by atoms with van der Waals surface area (Å²) in [6, 6.07) is 6.10. The second-order valence-corrected chi connectivity index (χ2v) is 7.13. The summed E-state index contributed by atoms with van der Waals surface area (Å²) in [6.07, 6.45) is 0. The number of benzene rings is 1. The Kier molecular flexibility index (Phi) is 7.35. The molecule has 0 aliphatic heterocycles. The number of hydrogen-bond acceptors (Lipinski definition) is 2. The molecule has 1 aromatic carbocycles. The number of amides is 2. The number of hydrogen-bond donors (Lipinski definition) is 2. The highest BCUT2D eigenvalue weighted by Gasteiger charge is 2.21. The van der Waals surface area contributed by atoms with Gasteiger partial charge in [0.25, 0.3) is 11.8 Å². The van der Waals surface area contributed by atoms with Crippen LogP contribution < -0.4 is 10.2 Å². The van der Waals surface area contributed by atoms with Gasteiger partial charge in [-0.2, -0.15) is 0 Å². The Morgan fingerprint density at radius 2 is 1.75 bits per heavy atom. The van der Waals surface area contributed by atoms with E-state index in [0.717, 1.165) is 10.5 Å². The van der Waals surface area contributed by atoms with Crippen LogP contribution in [0.2, 0.25) is 0 Å². The summed E-state index contributed by atoms with van der Waals surface area (Å²) in [7, 11) is 1.72. The standard InChI is InChI=1S/C18H28FN3O2/c1-6-22(12-16(23)20-18(2,3)4)13-17(24)21(5)11-14-7-9-15(19)10-8-14/h7-10H,6,11-13H2,1-5H3,(H,20,23)/p+1. The SMILES string of the molecule is CC[NH+](CC(=O)NC(C)(C)C)CC(=O)N(C)Cc1ccc(F)cc1. The quantitative estimate of drug-likeness (QED) is 0.765. The Morgan fingerprint density at radius 1 is 1.17 bits per heavy atom. The molecule has 2 amide bonds. The minimum Gasteiger partial charge on any atom is -0.347 e. The highest BCUT2D eigenvalue weighted by atomic mass is 19.1. The van der Waals surface area contributed by atoms with Crippen molar-refractivity contribution in [2.75, 3.05) is 26.7 Å². The molecule has 1 rings (SSSR count). The predicted octanol–water partition coefficient (Wildman–Crippen LogP) is 0.604. The summed E-state index contributed by atoms with van der Waals surface area (Å²) in [5.41, 5.74) is 0.593. The number of carbonyl (C=O) groups excluding carboxylic acids is 2. The highest BCUT2D eigenvalue weighted by Crippen LogP contribution is 2.05. The van der Waals surface area contributed by atoms with E-state index < -0.39 is 0 Å². The van der Waals surface area contributed by atoms with Crippen LogP contribution in [0.15, 0.2) is 24.3 Å². The Morgan fingerprint density at radius 3 is 2.25 bits per heavy atom. The number of nitrogens with one attached hydrogen (secondary N) is 2. The highest BCUT2D eigenvalue weighted by molar-refractivity contribution is 5.79. The van der Waals surface area contributed by atoms with Crippen molar-refractivity contribution >= 4 is 11.8 Å². The number of likely N-dealkylation sites (N-methyl/N-ethyl adjacent to an activating group) is 2. The van der Waals surface area contributed by atoms with E-state index >= 15 is 0 Å². The molecular formula is C18H29FN3O2+. The lowest BCUT2D eigenvalue weighted by molar-refractivity contribution is -0.882. The molecule has 1 unspecified atom stereocenters. The van der Waals surface area contributed by atoms with Crippen molar-refractivity contribution in [3.63, 3.8) is 0 Å². The molecule has 1 atom stereocenters. The summed E-state index contributed by atoms with van der Waals surface area (Å²) in [4.78, 5) is 26.9. The van der Waals surface area contributed by atoms with Crippen molar-refractivity contribution in [2.45, 2.75) is 39.8 Å². The van der Waals surface area contributed by atoms with Crippen molar-refractivity contribution in [1.29, 1.82) is 0 Å². The summed E-state index contributed by atoms with van der Waals surface area (Å²) in [6.45, 7) is 9.37. The predicted molar refractivity (Wildman–Crippen MR) is 92.0 cm³/mol. The van der Waals surface area contributed by atoms with Crippen LogP contribution in [-0.4, -0.2) is 48.9 Å².